The van der Waals surface area contributed by atoms with Gasteiger partial charge in [0.15, 0.2) is 5.78 Å². The van der Waals surface area contributed by atoms with Crippen LogP contribution in [-0.2, 0) is 4.79 Å². The Kier molecular flexibility index (Phi) is 4.76. The highest BCUT2D eigenvalue weighted by molar-refractivity contribution is 5.98. The molecule has 0 aromatic heterocycles. The Morgan fingerprint density at radius 2 is 1.58 bits per heavy atom. The first-order chi connectivity index (χ1) is 12.5. The third-order valence-electron chi connectivity index (χ3n) is 6.51. The normalized spacial score (nSPS) is 31.7. The number of amides is 1. The van der Waals surface area contributed by atoms with E-state index in [2.05, 4.69) is 5.32 Å². The number of ketones is 1. The third kappa shape index (κ3) is 3.65. The molecule has 26 heavy (non-hydrogen) atoms. The molecule has 0 saturated heterocycles. The molecule has 0 radical (unpaired) electrons. The van der Waals surface area contributed by atoms with Gasteiger partial charge in [-0.2, -0.15) is 0 Å². The predicted octanol–water partition coefficient (Wildman–Crippen LogP) is 4.13. The first-order valence-electron chi connectivity index (χ1n) is 10.1. The minimum Gasteiger partial charge on any atom is -0.494 e. The van der Waals surface area contributed by atoms with Crippen molar-refractivity contribution >= 4 is 11.7 Å². The van der Waals surface area contributed by atoms with Crippen LogP contribution in [0.15, 0.2) is 24.3 Å². The molecule has 4 aliphatic rings. The van der Waals surface area contributed by atoms with Crippen LogP contribution in [-0.4, -0.2) is 23.8 Å². The van der Waals surface area contributed by atoms with Gasteiger partial charge in [-0.1, -0.05) is 0 Å². The standard InChI is InChI=1S/C22H29NO3/c1-2-26-19-5-3-18(4-6-19)20(24)7-8-21(25)23-22-12-15-9-16(13-22)11-17(10-15)14-22/h3-6,15-17H,2,7-14H2,1H3,(H,23,25). The maximum atomic E-state index is 12.5. The second-order valence-corrected chi connectivity index (χ2v) is 8.63. The number of carbonyl (C=O) groups excluding carboxylic acids is 2. The van der Waals surface area contributed by atoms with Crippen LogP contribution >= 0.6 is 0 Å². The smallest absolute Gasteiger partial charge is 0.220 e. The van der Waals surface area contributed by atoms with E-state index in [-0.39, 0.29) is 30.1 Å². The summed E-state index contributed by atoms with van der Waals surface area (Å²) in [5.74, 6) is 3.27. The molecule has 1 N–H and O–H groups in total. The highest BCUT2D eigenvalue weighted by Gasteiger charge is 2.51. The third-order valence-corrected chi connectivity index (χ3v) is 6.51. The van der Waals surface area contributed by atoms with Gasteiger partial charge >= 0.3 is 0 Å². The van der Waals surface area contributed by atoms with Gasteiger partial charge in [-0.15, -0.1) is 0 Å². The van der Waals surface area contributed by atoms with Gasteiger partial charge in [0.25, 0.3) is 0 Å². The summed E-state index contributed by atoms with van der Waals surface area (Å²) in [6, 6.07) is 7.19. The highest BCUT2D eigenvalue weighted by atomic mass is 16.5. The largest absolute Gasteiger partial charge is 0.494 e. The maximum Gasteiger partial charge on any atom is 0.220 e. The number of nitrogens with one attached hydrogen (secondary N) is 1. The van der Waals surface area contributed by atoms with Crippen LogP contribution in [0.25, 0.3) is 0 Å². The van der Waals surface area contributed by atoms with E-state index >= 15 is 0 Å². The first kappa shape index (κ1) is 17.6. The summed E-state index contributed by atoms with van der Waals surface area (Å²) in [5, 5.41) is 3.35. The molecule has 1 aromatic carbocycles. The van der Waals surface area contributed by atoms with Gasteiger partial charge in [0.1, 0.15) is 5.75 Å². The van der Waals surface area contributed by atoms with Crippen molar-refractivity contribution in [3.8, 4) is 5.75 Å². The molecule has 0 unspecified atom stereocenters. The number of hydrogen-bond donors (Lipinski definition) is 1. The van der Waals surface area contributed by atoms with E-state index in [1.54, 1.807) is 12.1 Å². The van der Waals surface area contributed by atoms with E-state index in [1.807, 2.05) is 19.1 Å². The Morgan fingerprint density at radius 3 is 2.12 bits per heavy atom. The summed E-state index contributed by atoms with van der Waals surface area (Å²) < 4.78 is 5.40. The fourth-order valence-corrected chi connectivity index (χ4v) is 5.90. The zero-order chi connectivity index (χ0) is 18.1. The second kappa shape index (κ2) is 7.05. The molecule has 4 heteroatoms. The summed E-state index contributed by atoms with van der Waals surface area (Å²) in [4.78, 5) is 24.9. The molecule has 4 saturated carbocycles. The molecule has 0 heterocycles. The van der Waals surface area contributed by atoms with Gasteiger partial charge in [0.2, 0.25) is 5.91 Å². The number of benzene rings is 1. The fourth-order valence-electron chi connectivity index (χ4n) is 5.90. The SMILES string of the molecule is CCOc1ccc(C(=O)CCC(=O)NC23CC4CC(CC(C4)C2)C3)cc1. The highest BCUT2D eigenvalue weighted by Crippen LogP contribution is 2.55. The van der Waals surface area contributed by atoms with E-state index < -0.39 is 0 Å². The monoisotopic (exact) mass is 355 g/mol. The lowest BCUT2D eigenvalue weighted by Gasteiger charge is -2.56. The number of hydrogen-bond acceptors (Lipinski definition) is 3. The molecular formula is C22H29NO3. The van der Waals surface area contributed by atoms with Crippen LogP contribution in [0, 0.1) is 17.8 Å². The van der Waals surface area contributed by atoms with Crippen molar-refractivity contribution in [3.05, 3.63) is 29.8 Å². The minimum atomic E-state index is 0.0220. The number of rotatable bonds is 7. The van der Waals surface area contributed by atoms with Crippen LogP contribution in [0.4, 0.5) is 0 Å². The molecule has 4 aliphatic carbocycles. The Labute approximate surface area is 155 Å². The Balaban J connectivity index is 1.29. The van der Waals surface area contributed by atoms with Crippen LogP contribution in [0.2, 0.25) is 0 Å². The van der Waals surface area contributed by atoms with E-state index in [0.29, 0.717) is 12.2 Å². The molecule has 5 rings (SSSR count). The average molecular weight is 355 g/mol. The summed E-state index contributed by atoms with van der Waals surface area (Å²) in [7, 11) is 0. The van der Waals surface area contributed by atoms with Gasteiger partial charge in [0.05, 0.1) is 6.61 Å². The topological polar surface area (TPSA) is 55.4 Å². The van der Waals surface area contributed by atoms with E-state index in [0.717, 1.165) is 42.8 Å². The fraction of sp³-hybridized carbons (Fsp3) is 0.636. The van der Waals surface area contributed by atoms with Crippen molar-refractivity contribution in [2.45, 2.75) is 63.8 Å². The minimum absolute atomic E-state index is 0.0220. The number of Topliss-reactive ketones (excluding diaryl/α,β-unsaturated/α-hetero) is 1. The van der Waals surface area contributed by atoms with Crippen molar-refractivity contribution in [2.75, 3.05) is 6.61 Å². The van der Waals surface area contributed by atoms with Crippen molar-refractivity contribution in [1.82, 2.24) is 5.32 Å². The van der Waals surface area contributed by atoms with Crippen molar-refractivity contribution < 1.29 is 14.3 Å². The lowest BCUT2D eigenvalue weighted by atomic mass is 9.53. The molecule has 4 fully saturated rings. The summed E-state index contributed by atoms with van der Waals surface area (Å²) in [5.41, 5.74) is 0.685. The summed E-state index contributed by atoms with van der Waals surface area (Å²) in [6.07, 6.45) is 8.11. The lowest BCUT2D eigenvalue weighted by Crippen LogP contribution is -2.59. The number of ether oxygens (including phenoxy) is 1. The van der Waals surface area contributed by atoms with Gasteiger partial charge in [-0.3, -0.25) is 9.59 Å². The zero-order valence-electron chi connectivity index (χ0n) is 15.6. The van der Waals surface area contributed by atoms with Crippen LogP contribution < -0.4 is 10.1 Å². The Hall–Kier alpha value is -1.84. The van der Waals surface area contributed by atoms with Crippen LogP contribution in [0.5, 0.6) is 5.75 Å². The second-order valence-electron chi connectivity index (χ2n) is 8.63. The Bertz CT molecular complexity index is 644. The van der Waals surface area contributed by atoms with Crippen LogP contribution in [0.1, 0.15) is 68.6 Å². The molecule has 1 aromatic rings. The van der Waals surface area contributed by atoms with Crippen molar-refractivity contribution in [1.29, 1.82) is 0 Å². The molecule has 1 amide bonds. The molecule has 140 valence electrons. The molecule has 0 atom stereocenters. The molecule has 0 aliphatic heterocycles. The van der Waals surface area contributed by atoms with E-state index in [9.17, 15) is 9.59 Å². The first-order valence-corrected chi connectivity index (χ1v) is 10.1. The lowest BCUT2D eigenvalue weighted by molar-refractivity contribution is -0.126. The van der Waals surface area contributed by atoms with Gasteiger partial charge in [-0.05, 0) is 87.5 Å². The molecule has 4 bridgehead atoms. The van der Waals surface area contributed by atoms with Crippen molar-refractivity contribution in [2.24, 2.45) is 17.8 Å². The average Bonchev–Trinajstić information content (AvgIpc) is 2.59. The van der Waals surface area contributed by atoms with E-state index in [4.69, 9.17) is 4.74 Å². The van der Waals surface area contributed by atoms with Gasteiger partial charge in [-0.25, -0.2) is 0 Å². The quantitative estimate of drug-likeness (QED) is 0.748. The summed E-state index contributed by atoms with van der Waals surface area (Å²) >= 11 is 0. The molecule has 4 nitrogen and oxygen atoms in total. The molecule has 0 spiro atoms. The summed E-state index contributed by atoms with van der Waals surface area (Å²) in [6.45, 7) is 2.54. The van der Waals surface area contributed by atoms with Crippen LogP contribution in [0.3, 0.4) is 0 Å². The predicted molar refractivity (Wildman–Crippen MR) is 100 cm³/mol. The van der Waals surface area contributed by atoms with Gasteiger partial charge in [0, 0.05) is 23.9 Å². The van der Waals surface area contributed by atoms with E-state index in [1.165, 1.54) is 19.3 Å². The zero-order valence-corrected chi connectivity index (χ0v) is 15.6. The molecular weight excluding hydrogens is 326 g/mol. The maximum absolute atomic E-state index is 12.5. The Morgan fingerprint density at radius 1 is 1.00 bits per heavy atom. The van der Waals surface area contributed by atoms with Gasteiger partial charge < -0.3 is 10.1 Å². The van der Waals surface area contributed by atoms with Crippen molar-refractivity contribution in [3.63, 3.8) is 0 Å². The number of carbonyl (C=O) groups is 2.